The molecule has 1 aromatic carbocycles. The summed E-state index contributed by atoms with van der Waals surface area (Å²) in [7, 11) is 0. The third-order valence-corrected chi connectivity index (χ3v) is 4.81. The lowest BCUT2D eigenvalue weighted by atomic mass is 10.0. The van der Waals surface area contributed by atoms with Crippen LogP contribution in [0.3, 0.4) is 0 Å². The van der Waals surface area contributed by atoms with Gasteiger partial charge in [0.1, 0.15) is 0 Å². The number of pyridine rings is 1. The van der Waals surface area contributed by atoms with Crippen LogP contribution in [-0.2, 0) is 12.8 Å². The van der Waals surface area contributed by atoms with Crippen LogP contribution < -0.4 is 5.73 Å². The molecule has 1 aliphatic rings. The molecule has 2 heterocycles. The van der Waals surface area contributed by atoms with E-state index in [-0.39, 0.29) is 6.04 Å². The summed E-state index contributed by atoms with van der Waals surface area (Å²) in [6, 6.07) is 12.9. The molecule has 0 saturated heterocycles. The van der Waals surface area contributed by atoms with E-state index >= 15 is 0 Å². The summed E-state index contributed by atoms with van der Waals surface area (Å²) in [5, 5.41) is 0.489. The molecule has 2 unspecified atom stereocenters. The fourth-order valence-corrected chi connectivity index (χ4v) is 3.69. The zero-order chi connectivity index (χ0) is 12.4. The summed E-state index contributed by atoms with van der Waals surface area (Å²) in [5.41, 5.74) is 9.00. The molecule has 2 aromatic rings. The molecule has 2 atom stereocenters. The zero-order valence-electron chi connectivity index (χ0n) is 10.1. The predicted octanol–water partition coefficient (Wildman–Crippen LogP) is 2.67. The maximum Gasteiger partial charge on any atom is 0.0300 e. The van der Waals surface area contributed by atoms with E-state index in [1.807, 2.05) is 24.0 Å². The lowest BCUT2D eigenvalue weighted by molar-refractivity contribution is 0.631. The highest BCUT2D eigenvalue weighted by Crippen LogP contribution is 2.38. The van der Waals surface area contributed by atoms with Crippen molar-refractivity contribution in [1.82, 2.24) is 4.98 Å². The average Bonchev–Trinajstić information content (AvgIpc) is 2.84. The quantitative estimate of drug-likeness (QED) is 0.917. The van der Waals surface area contributed by atoms with Crippen molar-refractivity contribution in [3.05, 3.63) is 59.9 Å². The summed E-state index contributed by atoms with van der Waals surface area (Å²) in [6.07, 6.45) is 5.70. The third kappa shape index (κ3) is 2.42. The summed E-state index contributed by atoms with van der Waals surface area (Å²) in [4.78, 5) is 5.53. The second-order valence-electron chi connectivity index (χ2n) is 4.70. The minimum absolute atomic E-state index is 0.187. The van der Waals surface area contributed by atoms with Gasteiger partial charge in [0.25, 0.3) is 0 Å². The number of thioether (sulfide) groups is 1. The molecule has 2 N–H and O–H groups in total. The normalized spacial score (nSPS) is 19.5. The van der Waals surface area contributed by atoms with Gasteiger partial charge in [-0.1, -0.05) is 24.3 Å². The Morgan fingerprint density at radius 1 is 1.28 bits per heavy atom. The molecule has 0 saturated carbocycles. The van der Waals surface area contributed by atoms with Gasteiger partial charge in [0.05, 0.1) is 0 Å². The van der Waals surface area contributed by atoms with Crippen molar-refractivity contribution in [1.29, 1.82) is 0 Å². The van der Waals surface area contributed by atoms with Gasteiger partial charge in [0.15, 0.2) is 0 Å². The molecular weight excluding hydrogens is 240 g/mol. The first-order valence-electron chi connectivity index (χ1n) is 6.22. The van der Waals surface area contributed by atoms with Gasteiger partial charge in [-0.2, -0.15) is 0 Å². The number of hydrogen-bond donors (Lipinski definition) is 1. The van der Waals surface area contributed by atoms with Crippen LogP contribution in [0.25, 0.3) is 0 Å². The van der Waals surface area contributed by atoms with Crippen molar-refractivity contribution in [2.24, 2.45) is 5.73 Å². The topological polar surface area (TPSA) is 38.9 Å². The van der Waals surface area contributed by atoms with Gasteiger partial charge in [0, 0.05) is 28.6 Å². The highest BCUT2D eigenvalue weighted by molar-refractivity contribution is 8.00. The lowest BCUT2D eigenvalue weighted by Gasteiger charge is -2.17. The number of aromatic nitrogens is 1. The largest absolute Gasteiger partial charge is 0.326 e. The van der Waals surface area contributed by atoms with Crippen molar-refractivity contribution in [3.8, 4) is 0 Å². The minimum Gasteiger partial charge on any atom is -0.326 e. The second-order valence-corrected chi connectivity index (χ2v) is 5.98. The average molecular weight is 256 g/mol. The van der Waals surface area contributed by atoms with Gasteiger partial charge in [-0.3, -0.25) is 4.98 Å². The summed E-state index contributed by atoms with van der Waals surface area (Å²) in [6.45, 7) is 0. The van der Waals surface area contributed by atoms with Gasteiger partial charge < -0.3 is 5.73 Å². The van der Waals surface area contributed by atoms with E-state index in [9.17, 15) is 0 Å². The van der Waals surface area contributed by atoms with Crippen LogP contribution in [0.2, 0.25) is 0 Å². The summed E-state index contributed by atoms with van der Waals surface area (Å²) >= 11 is 1.92. The minimum atomic E-state index is 0.187. The second kappa shape index (κ2) is 5.12. The van der Waals surface area contributed by atoms with Crippen molar-refractivity contribution < 1.29 is 0 Å². The standard InChI is InChI=1S/C15H16N2S/c16-13(8-11-4-3-7-17-10-11)15-9-12-5-1-2-6-14(12)18-15/h1-7,10,13,15H,8-9,16H2. The highest BCUT2D eigenvalue weighted by atomic mass is 32.2. The first-order chi connectivity index (χ1) is 8.83. The van der Waals surface area contributed by atoms with E-state index in [2.05, 4.69) is 35.3 Å². The van der Waals surface area contributed by atoms with Gasteiger partial charge in [-0.15, -0.1) is 11.8 Å². The van der Waals surface area contributed by atoms with Gasteiger partial charge in [0.2, 0.25) is 0 Å². The molecule has 18 heavy (non-hydrogen) atoms. The Morgan fingerprint density at radius 3 is 2.94 bits per heavy atom. The van der Waals surface area contributed by atoms with Crippen molar-refractivity contribution in [3.63, 3.8) is 0 Å². The molecule has 1 aliphatic heterocycles. The molecule has 0 radical (unpaired) electrons. The van der Waals surface area contributed by atoms with E-state index in [0.29, 0.717) is 5.25 Å². The van der Waals surface area contributed by atoms with E-state index < -0.39 is 0 Å². The van der Waals surface area contributed by atoms with E-state index in [0.717, 1.165) is 12.8 Å². The fourth-order valence-electron chi connectivity index (χ4n) is 2.37. The van der Waals surface area contributed by atoms with E-state index in [4.69, 9.17) is 5.73 Å². The van der Waals surface area contributed by atoms with Crippen molar-refractivity contribution >= 4 is 11.8 Å². The summed E-state index contributed by atoms with van der Waals surface area (Å²) < 4.78 is 0. The zero-order valence-corrected chi connectivity index (χ0v) is 10.9. The van der Waals surface area contributed by atoms with Crippen LogP contribution in [-0.4, -0.2) is 16.3 Å². The molecular formula is C15H16N2S. The van der Waals surface area contributed by atoms with Crippen molar-refractivity contribution in [2.75, 3.05) is 0 Å². The molecule has 0 bridgehead atoms. The maximum absolute atomic E-state index is 6.34. The van der Waals surface area contributed by atoms with Crippen LogP contribution in [0.4, 0.5) is 0 Å². The molecule has 0 aliphatic carbocycles. The van der Waals surface area contributed by atoms with Gasteiger partial charge >= 0.3 is 0 Å². The maximum atomic E-state index is 6.34. The Labute approximate surface area is 112 Å². The number of fused-ring (bicyclic) bond motifs is 1. The van der Waals surface area contributed by atoms with Crippen LogP contribution in [0.5, 0.6) is 0 Å². The van der Waals surface area contributed by atoms with Crippen LogP contribution >= 0.6 is 11.8 Å². The van der Waals surface area contributed by atoms with Gasteiger partial charge in [-0.05, 0) is 36.1 Å². The molecule has 3 heteroatoms. The number of nitrogens with two attached hydrogens (primary N) is 1. The Bertz CT molecular complexity index is 502. The number of benzene rings is 1. The van der Waals surface area contributed by atoms with Crippen LogP contribution in [0, 0.1) is 0 Å². The molecule has 92 valence electrons. The number of rotatable bonds is 3. The first kappa shape index (κ1) is 11.8. The first-order valence-corrected chi connectivity index (χ1v) is 7.10. The molecule has 3 rings (SSSR count). The molecule has 1 aromatic heterocycles. The number of hydrogen-bond acceptors (Lipinski definition) is 3. The number of nitrogens with zero attached hydrogens (tertiary/aromatic N) is 1. The van der Waals surface area contributed by atoms with Crippen LogP contribution in [0.1, 0.15) is 11.1 Å². The third-order valence-electron chi connectivity index (χ3n) is 3.34. The summed E-state index contributed by atoms with van der Waals surface area (Å²) in [5.74, 6) is 0. The molecule has 0 spiro atoms. The van der Waals surface area contributed by atoms with E-state index in [1.54, 1.807) is 6.20 Å². The highest BCUT2D eigenvalue weighted by Gasteiger charge is 2.27. The Kier molecular flexibility index (Phi) is 3.35. The Balaban J connectivity index is 1.67. The monoisotopic (exact) mass is 256 g/mol. The van der Waals surface area contributed by atoms with Gasteiger partial charge in [-0.25, -0.2) is 0 Å². The lowest BCUT2D eigenvalue weighted by Crippen LogP contribution is -2.34. The predicted molar refractivity (Wildman–Crippen MR) is 75.7 cm³/mol. The SMILES string of the molecule is NC(Cc1cccnc1)C1Cc2ccccc2S1. The Morgan fingerprint density at radius 2 is 2.17 bits per heavy atom. The Hall–Kier alpha value is -1.32. The molecule has 2 nitrogen and oxygen atoms in total. The fraction of sp³-hybridized carbons (Fsp3) is 0.267. The smallest absolute Gasteiger partial charge is 0.0300 e. The molecule has 0 fully saturated rings. The van der Waals surface area contributed by atoms with Crippen molar-refractivity contribution in [2.45, 2.75) is 29.0 Å². The van der Waals surface area contributed by atoms with Crippen LogP contribution in [0.15, 0.2) is 53.7 Å². The molecule has 0 amide bonds. The van der Waals surface area contributed by atoms with E-state index in [1.165, 1.54) is 16.0 Å².